The molecule has 2 aromatic carbocycles. The maximum Gasteiger partial charge on any atom is 0.416 e. The van der Waals surface area contributed by atoms with Crippen molar-refractivity contribution >= 4 is 28.9 Å². The van der Waals surface area contributed by atoms with Crippen LogP contribution in [0.1, 0.15) is 49.3 Å². The van der Waals surface area contributed by atoms with Gasteiger partial charge in [-0.05, 0) is 61.6 Å². The van der Waals surface area contributed by atoms with E-state index < -0.39 is 17.3 Å². The van der Waals surface area contributed by atoms with Gasteiger partial charge in [0, 0.05) is 43.9 Å². The molecule has 0 unspecified atom stereocenters. The van der Waals surface area contributed by atoms with Crippen molar-refractivity contribution in [1.29, 1.82) is 0 Å². The highest BCUT2D eigenvalue weighted by Gasteiger charge is 2.44. The lowest BCUT2D eigenvalue weighted by molar-refractivity contribution is -0.138. The molecule has 6 nitrogen and oxygen atoms in total. The molecule has 5 rings (SSSR count). The van der Waals surface area contributed by atoms with Gasteiger partial charge in [-0.15, -0.1) is 0 Å². The largest absolute Gasteiger partial charge is 0.486 e. The highest BCUT2D eigenvalue weighted by Crippen LogP contribution is 2.50. The summed E-state index contributed by atoms with van der Waals surface area (Å²) in [5.41, 5.74) is 2.08. The number of carbonyl (C=O) groups excluding carboxylic acids is 2. The first-order valence-electron chi connectivity index (χ1n) is 11.7. The van der Waals surface area contributed by atoms with Crippen LogP contribution in [0.5, 0.6) is 5.75 Å². The fourth-order valence-corrected chi connectivity index (χ4v) is 5.00. The zero-order chi connectivity index (χ0) is 25.0. The summed E-state index contributed by atoms with van der Waals surface area (Å²) in [5.74, 6) is -0.221. The molecule has 1 N–H and O–H groups in total. The topological polar surface area (TPSA) is 61.9 Å². The van der Waals surface area contributed by atoms with E-state index in [2.05, 4.69) is 5.32 Å². The minimum atomic E-state index is -4.47. The molecule has 0 radical (unpaired) electrons. The van der Waals surface area contributed by atoms with Crippen molar-refractivity contribution in [3.63, 3.8) is 0 Å². The fraction of sp³-hybridized carbons (Fsp3) is 0.385. The third kappa shape index (κ3) is 4.24. The van der Waals surface area contributed by atoms with E-state index in [1.54, 1.807) is 29.0 Å². The first-order valence-corrected chi connectivity index (χ1v) is 11.7. The van der Waals surface area contributed by atoms with Crippen LogP contribution in [0.15, 0.2) is 42.5 Å². The van der Waals surface area contributed by atoms with Crippen LogP contribution in [0.3, 0.4) is 0 Å². The number of urea groups is 1. The predicted octanol–water partition coefficient (Wildman–Crippen LogP) is 5.82. The number of anilines is 2. The molecule has 2 aromatic rings. The smallest absolute Gasteiger partial charge is 0.416 e. The molecule has 0 aromatic heterocycles. The molecule has 1 spiro atoms. The van der Waals surface area contributed by atoms with Gasteiger partial charge in [0.15, 0.2) is 0 Å². The summed E-state index contributed by atoms with van der Waals surface area (Å²) in [6.07, 6.45) is -0.151. The predicted molar refractivity (Wildman–Crippen MR) is 126 cm³/mol. The van der Waals surface area contributed by atoms with Crippen molar-refractivity contribution < 1.29 is 27.5 Å². The number of benzene rings is 2. The molecule has 1 aliphatic carbocycles. The van der Waals surface area contributed by atoms with Crippen LogP contribution in [-0.4, -0.2) is 36.0 Å². The van der Waals surface area contributed by atoms with Crippen LogP contribution < -0.4 is 15.0 Å². The van der Waals surface area contributed by atoms with E-state index in [0.717, 1.165) is 42.6 Å². The van der Waals surface area contributed by atoms with Gasteiger partial charge in [0.1, 0.15) is 11.4 Å². The number of ether oxygens (including phenoxy) is 1. The van der Waals surface area contributed by atoms with Crippen molar-refractivity contribution in [2.45, 2.75) is 50.9 Å². The second-order valence-electron chi connectivity index (χ2n) is 9.38. The summed E-state index contributed by atoms with van der Waals surface area (Å²) in [4.78, 5) is 28.7. The van der Waals surface area contributed by atoms with Gasteiger partial charge in [-0.25, -0.2) is 4.79 Å². The van der Waals surface area contributed by atoms with Crippen molar-refractivity contribution in [3.05, 3.63) is 59.2 Å². The third-order valence-corrected chi connectivity index (χ3v) is 7.08. The van der Waals surface area contributed by atoms with E-state index in [9.17, 15) is 22.8 Å². The number of carbonyl (C=O) groups is 2. The summed E-state index contributed by atoms with van der Waals surface area (Å²) in [7, 11) is 1.70. The molecule has 2 aliphatic heterocycles. The maximum absolute atomic E-state index is 13.2. The lowest BCUT2D eigenvalue weighted by Gasteiger charge is -2.46. The molecule has 184 valence electrons. The molecule has 0 bridgehead atoms. The van der Waals surface area contributed by atoms with Crippen molar-refractivity contribution in [2.75, 3.05) is 23.8 Å². The number of fused-ring (bicyclic) bond motifs is 2. The Labute approximate surface area is 201 Å². The number of hydrogen-bond donors (Lipinski definition) is 1. The molecule has 0 saturated heterocycles. The maximum atomic E-state index is 13.2. The Morgan fingerprint density at radius 3 is 2.63 bits per heavy atom. The summed E-state index contributed by atoms with van der Waals surface area (Å²) in [6.45, 7) is 3.03. The molecule has 3 aliphatic rings. The number of hydrogen-bond acceptors (Lipinski definition) is 3. The zero-order valence-electron chi connectivity index (χ0n) is 19.5. The Morgan fingerprint density at radius 2 is 1.97 bits per heavy atom. The highest BCUT2D eigenvalue weighted by molar-refractivity contribution is 6.05. The first-order chi connectivity index (χ1) is 16.6. The van der Waals surface area contributed by atoms with Crippen molar-refractivity contribution in [3.8, 4) is 5.75 Å². The third-order valence-electron chi connectivity index (χ3n) is 7.08. The summed E-state index contributed by atoms with van der Waals surface area (Å²) in [5, 5.41) is 2.84. The molecule has 0 atom stereocenters. The quantitative estimate of drug-likeness (QED) is 0.557. The van der Waals surface area contributed by atoms with Gasteiger partial charge >= 0.3 is 12.2 Å². The number of alkyl halides is 3. The average molecular weight is 486 g/mol. The summed E-state index contributed by atoms with van der Waals surface area (Å²) in [6, 6.07) is 8.75. The van der Waals surface area contributed by atoms with Crippen LogP contribution in [0.25, 0.3) is 5.57 Å². The Balaban J connectivity index is 1.41. The standard InChI is InChI=1S/C26H26F3N3O3/c1-3-32-15-16-5-7-19(13-21(16)31(2)24(32)34)30-23(33)11-17-14-25(9-4-10-25)35-22-12-18(26(27,28)29)6-8-20(17)22/h5-8,11-13H,3-4,9-10,14-15H2,1-2H3,(H,30,33)/b17-11+. The van der Waals surface area contributed by atoms with Crippen molar-refractivity contribution in [1.82, 2.24) is 4.90 Å². The monoisotopic (exact) mass is 485 g/mol. The van der Waals surface area contributed by atoms with E-state index in [0.29, 0.717) is 36.3 Å². The molecular formula is C26H26F3N3O3. The Kier molecular flexibility index (Phi) is 5.53. The van der Waals surface area contributed by atoms with Crippen molar-refractivity contribution in [2.24, 2.45) is 0 Å². The molecule has 1 fully saturated rings. The van der Waals surface area contributed by atoms with Crippen LogP contribution in [-0.2, 0) is 17.5 Å². The lowest BCUT2D eigenvalue weighted by atomic mass is 9.72. The van der Waals surface area contributed by atoms with Crippen LogP contribution in [0.2, 0.25) is 0 Å². The Bertz CT molecular complexity index is 1230. The average Bonchev–Trinajstić information content (AvgIpc) is 2.79. The van der Waals surface area contributed by atoms with Crippen LogP contribution >= 0.6 is 0 Å². The van der Waals surface area contributed by atoms with Gasteiger partial charge in [0.25, 0.3) is 0 Å². The molecular weight excluding hydrogens is 459 g/mol. The van der Waals surface area contributed by atoms with E-state index in [1.807, 2.05) is 13.0 Å². The van der Waals surface area contributed by atoms with Gasteiger partial charge in [-0.3, -0.25) is 9.69 Å². The van der Waals surface area contributed by atoms with Gasteiger partial charge in [-0.2, -0.15) is 13.2 Å². The molecule has 3 amide bonds. The molecule has 35 heavy (non-hydrogen) atoms. The van der Waals surface area contributed by atoms with Gasteiger partial charge in [0.2, 0.25) is 5.91 Å². The van der Waals surface area contributed by atoms with Crippen LogP contribution in [0, 0.1) is 0 Å². The van der Waals surface area contributed by atoms with E-state index >= 15 is 0 Å². The number of nitrogens with one attached hydrogen (secondary N) is 1. The molecule has 2 heterocycles. The molecule has 9 heteroatoms. The zero-order valence-corrected chi connectivity index (χ0v) is 19.5. The van der Waals surface area contributed by atoms with Gasteiger partial charge < -0.3 is 15.0 Å². The first kappa shape index (κ1) is 23.3. The normalized spacial score (nSPS) is 19.7. The molecule has 1 saturated carbocycles. The highest BCUT2D eigenvalue weighted by atomic mass is 19.4. The minimum Gasteiger partial charge on any atom is -0.486 e. The van der Waals surface area contributed by atoms with Gasteiger partial charge in [-0.1, -0.05) is 12.1 Å². The number of nitrogens with zero attached hydrogens (tertiary/aromatic N) is 2. The lowest BCUT2D eigenvalue weighted by Crippen LogP contribution is -2.45. The second kappa shape index (κ2) is 8.32. The van der Waals surface area contributed by atoms with Crippen LogP contribution in [0.4, 0.5) is 29.3 Å². The number of amides is 3. The van der Waals surface area contributed by atoms with Gasteiger partial charge in [0.05, 0.1) is 11.3 Å². The van der Waals surface area contributed by atoms with E-state index in [-0.39, 0.29) is 17.7 Å². The van der Waals surface area contributed by atoms with E-state index in [1.165, 1.54) is 12.1 Å². The van der Waals surface area contributed by atoms with E-state index in [4.69, 9.17) is 4.74 Å². The number of halogens is 3. The second-order valence-corrected chi connectivity index (χ2v) is 9.38. The number of rotatable bonds is 3. The Hall–Kier alpha value is -3.49. The summed E-state index contributed by atoms with van der Waals surface area (Å²) >= 11 is 0. The Morgan fingerprint density at radius 1 is 1.20 bits per heavy atom. The SMILES string of the molecule is CCN1Cc2ccc(NC(=O)/C=C3\CC4(CCC4)Oc4cc(C(F)(F)F)ccc43)cc2N(C)C1=O. The minimum absolute atomic E-state index is 0.103. The summed E-state index contributed by atoms with van der Waals surface area (Å²) < 4.78 is 45.8. The fourth-order valence-electron chi connectivity index (χ4n) is 5.00.